The molecule has 0 radical (unpaired) electrons. The molecule has 0 heterocycles. The van der Waals surface area contributed by atoms with Gasteiger partial charge in [-0.15, -0.1) is 0 Å². The smallest absolute Gasteiger partial charge is 0.344 e. The van der Waals surface area contributed by atoms with Gasteiger partial charge >= 0.3 is 11.9 Å². The predicted molar refractivity (Wildman–Crippen MR) is 80.7 cm³/mol. The molecule has 0 saturated heterocycles. The number of hydrogen-bond donors (Lipinski definition) is 0. The molecular weight excluding hydrogens is 320 g/mol. The zero-order valence-corrected chi connectivity index (χ0v) is 14.2. The van der Waals surface area contributed by atoms with Crippen molar-refractivity contribution < 1.29 is 38.1 Å². The molecule has 0 atom stereocenters. The van der Waals surface area contributed by atoms with Crippen LogP contribution in [0.4, 0.5) is 0 Å². The third-order valence-electron chi connectivity index (χ3n) is 4.30. The van der Waals surface area contributed by atoms with E-state index in [0.29, 0.717) is 25.7 Å². The molecule has 136 valence electrons. The molecule has 1 rings (SSSR count). The molecule has 0 aromatic rings. The van der Waals surface area contributed by atoms with Crippen LogP contribution in [0, 0.1) is 5.92 Å². The first-order valence-electron chi connectivity index (χ1n) is 7.76. The summed E-state index contributed by atoms with van der Waals surface area (Å²) in [5, 5.41) is 0. The van der Waals surface area contributed by atoms with E-state index in [-0.39, 0.29) is 18.9 Å². The van der Waals surface area contributed by atoms with E-state index in [9.17, 15) is 19.2 Å². The van der Waals surface area contributed by atoms with Gasteiger partial charge in [0.05, 0.1) is 0 Å². The molecule has 0 amide bonds. The Labute approximate surface area is 140 Å². The van der Waals surface area contributed by atoms with E-state index >= 15 is 0 Å². The molecule has 1 fully saturated rings. The van der Waals surface area contributed by atoms with Crippen LogP contribution in [0.15, 0.2) is 0 Å². The van der Waals surface area contributed by atoms with Gasteiger partial charge in [-0.05, 0) is 52.4 Å². The number of carbonyl (C=O) groups excluding carboxylic acids is 4. The highest BCUT2D eigenvalue weighted by atomic mass is 16.6. The van der Waals surface area contributed by atoms with E-state index in [4.69, 9.17) is 9.47 Å². The summed E-state index contributed by atoms with van der Waals surface area (Å²) in [6.07, 6.45) is 2.62. The second-order valence-corrected chi connectivity index (χ2v) is 6.59. The standard InChI is InChI=1S/C16H24O8/c1-15(2,23-13(19)8-21-10-17)12-4-6-16(3,7-5-12)24-14(20)9-22-11-18/h10-12H,4-9H2,1-3H3. The summed E-state index contributed by atoms with van der Waals surface area (Å²) in [6, 6.07) is 0. The number of carbonyl (C=O) groups is 4. The summed E-state index contributed by atoms with van der Waals surface area (Å²) >= 11 is 0. The van der Waals surface area contributed by atoms with Gasteiger partial charge in [-0.25, -0.2) is 9.59 Å². The molecule has 0 unspecified atom stereocenters. The highest BCUT2D eigenvalue weighted by Crippen LogP contribution is 2.40. The molecular formula is C16H24O8. The lowest BCUT2D eigenvalue weighted by atomic mass is 9.73. The van der Waals surface area contributed by atoms with Crippen molar-refractivity contribution in [2.75, 3.05) is 13.2 Å². The van der Waals surface area contributed by atoms with Crippen LogP contribution in [-0.4, -0.2) is 49.3 Å². The van der Waals surface area contributed by atoms with E-state index in [1.165, 1.54) is 0 Å². The molecule has 8 nitrogen and oxygen atoms in total. The lowest BCUT2D eigenvalue weighted by molar-refractivity contribution is -0.177. The maximum Gasteiger partial charge on any atom is 0.344 e. The second-order valence-electron chi connectivity index (χ2n) is 6.59. The Balaban J connectivity index is 2.50. The summed E-state index contributed by atoms with van der Waals surface area (Å²) in [7, 11) is 0. The van der Waals surface area contributed by atoms with Crippen LogP contribution < -0.4 is 0 Å². The van der Waals surface area contributed by atoms with Crippen LogP contribution in [0.5, 0.6) is 0 Å². The van der Waals surface area contributed by atoms with Gasteiger partial charge in [0, 0.05) is 0 Å². The van der Waals surface area contributed by atoms with Gasteiger partial charge in [0.1, 0.15) is 11.2 Å². The number of ether oxygens (including phenoxy) is 4. The van der Waals surface area contributed by atoms with E-state index in [2.05, 4.69) is 9.47 Å². The van der Waals surface area contributed by atoms with Crippen LogP contribution in [0.3, 0.4) is 0 Å². The monoisotopic (exact) mass is 344 g/mol. The summed E-state index contributed by atoms with van der Waals surface area (Å²) in [6.45, 7) is 5.04. The molecule has 1 saturated carbocycles. The minimum absolute atomic E-state index is 0.0932. The third kappa shape index (κ3) is 6.17. The molecule has 1 aliphatic rings. The molecule has 0 N–H and O–H groups in total. The number of rotatable bonds is 9. The average molecular weight is 344 g/mol. The fourth-order valence-electron chi connectivity index (χ4n) is 2.94. The van der Waals surface area contributed by atoms with Crippen LogP contribution >= 0.6 is 0 Å². The van der Waals surface area contributed by atoms with E-state index in [1.807, 2.05) is 20.8 Å². The first kappa shape index (κ1) is 19.9. The first-order valence-corrected chi connectivity index (χ1v) is 7.76. The molecule has 0 aromatic carbocycles. The zero-order chi connectivity index (χ0) is 18.2. The largest absolute Gasteiger partial charge is 0.457 e. The van der Waals surface area contributed by atoms with E-state index < -0.39 is 36.4 Å². The fraction of sp³-hybridized carbons (Fsp3) is 0.750. The van der Waals surface area contributed by atoms with Gasteiger partial charge in [-0.1, -0.05) is 0 Å². The number of esters is 2. The van der Waals surface area contributed by atoms with Gasteiger partial charge < -0.3 is 18.9 Å². The lowest BCUT2D eigenvalue weighted by Gasteiger charge is -2.42. The van der Waals surface area contributed by atoms with Crippen molar-refractivity contribution in [1.82, 2.24) is 0 Å². The lowest BCUT2D eigenvalue weighted by Crippen LogP contribution is -2.44. The Hall–Kier alpha value is -2.12. The molecule has 0 aliphatic heterocycles. The van der Waals surface area contributed by atoms with E-state index in [1.54, 1.807) is 0 Å². The Bertz CT molecular complexity index is 463. The molecule has 24 heavy (non-hydrogen) atoms. The quantitative estimate of drug-likeness (QED) is 0.348. The molecule has 0 bridgehead atoms. The zero-order valence-electron chi connectivity index (χ0n) is 14.2. The predicted octanol–water partition coefficient (Wildman–Crippen LogP) is 1.15. The van der Waals surface area contributed by atoms with Gasteiger partial charge in [0.25, 0.3) is 12.9 Å². The summed E-state index contributed by atoms with van der Waals surface area (Å²) in [4.78, 5) is 43.4. The topological polar surface area (TPSA) is 105 Å². The Morgan fingerprint density at radius 2 is 1.54 bits per heavy atom. The molecule has 0 spiro atoms. The highest BCUT2D eigenvalue weighted by molar-refractivity contribution is 5.72. The summed E-state index contributed by atoms with van der Waals surface area (Å²) < 4.78 is 19.6. The van der Waals surface area contributed by atoms with Crippen molar-refractivity contribution in [2.24, 2.45) is 5.92 Å². The second kappa shape index (κ2) is 8.65. The maximum atomic E-state index is 11.6. The minimum Gasteiger partial charge on any atom is -0.457 e. The van der Waals surface area contributed by atoms with Gasteiger partial charge in [0.2, 0.25) is 0 Å². The SMILES string of the molecule is CC1(OC(=O)COC=O)CCC(C(C)(C)OC(=O)COC=O)CC1. The van der Waals surface area contributed by atoms with Crippen molar-refractivity contribution in [3.63, 3.8) is 0 Å². The normalized spacial score (nSPS) is 23.7. The average Bonchev–Trinajstić information content (AvgIpc) is 2.50. The van der Waals surface area contributed by atoms with Gasteiger partial charge in [-0.2, -0.15) is 0 Å². The van der Waals surface area contributed by atoms with Gasteiger partial charge in [0.15, 0.2) is 13.2 Å². The van der Waals surface area contributed by atoms with Crippen LogP contribution in [0.2, 0.25) is 0 Å². The fourth-order valence-corrected chi connectivity index (χ4v) is 2.94. The minimum atomic E-state index is -0.713. The van der Waals surface area contributed by atoms with E-state index in [0.717, 1.165) is 0 Å². The van der Waals surface area contributed by atoms with Crippen LogP contribution in [0.25, 0.3) is 0 Å². The van der Waals surface area contributed by atoms with Crippen molar-refractivity contribution >= 4 is 24.9 Å². The third-order valence-corrected chi connectivity index (χ3v) is 4.30. The highest BCUT2D eigenvalue weighted by Gasteiger charge is 2.41. The number of hydrogen-bond acceptors (Lipinski definition) is 8. The molecule has 8 heteroatoms. The van der Waals surface area contributed by atoms with Crippen molar-refractivity contribution in [1.29, 1.82) is 0 Å². The van der Waals surface area contributed by atoms with Crippen LogP contribution in [0.1, 0.15) is 46.5 Å². The van der Waals surface area contributed by atoms with Gasteiger partial charge in [-0.3, -0.25) is 9.59 Å². The first-order chi connectivity index (χ1) is 11.2. The van der Waals surface area contributed by atoms with Crippen molar-refractivity contribution in [2.45, 2.75) is 57.7 Å². The maximum absolute atomic E-state index is 11.6. The molecule has 1 aliphatic carbocycles. The molecule has 0 aromatic heterocycles. The van der Waals surface area contributed by atoms with Crippen molar-refractivity contribution in [3.05, 3.63) is 0 Å². The Morgan fingerprint density at radius 1 is 1.04 bits per heavy atom. The summed E-state index contributed by atoms with van der Waals surface area (Å²) in [5.41, 5.74) is -1.34. The Morgan fingerprint density at radius 3 is 2.04 bits per heavy atom. The Kier molecular flexibility index (Phi) is 7.18. The van der Waals surface area contributed by atoms with Crippen molar-refractivity contribution in [3.8, 4) is 0 Å². The van der Waals surface area contributed by atoms with Crippen LogP contribution in [-0.2, 0) is 38.1 Å². The summed E-state index contributed by atoms with van der Waals surface area (Å²) in [5.74, 6) is -1.09.